The zero-order chi connectivity index (χ0) is 15.5. The molecule has 0 spiro atoms. The Hall–Kier alpha value is -2.60. The maximum Gasteiger partial charge on any atom is 0.251 e. The smallest absolute Gasteiger partial charge is 0.251 e. The number of carbonyl (C=O) groups is 1. The number of carbonyl (C=O) groups excluding carboxylic acids is 1. The highest BCUT2D eigenvalue weighted by molar-refractivity contribution is 5.94. The van der Waals surface area contributed by atoms with Gasteiger partial charge in [0.25, 0.3) is 5.91 Å². The van der Waals surface area contributed by atoms with E-state index >= 15 is 0 Å². The van der Waals surface area contributed by atoms with Crippen LogP contribution in [0.5, 0.6) is 0 Å². The minimum atomic E-state index is -0.120. The van der Waals surface area contributed by atoms with E-state index in [0.717, 1.165) is 12.0 Å². The molecule has 22 heavy (non-hydrogen) atoms. The summed E-state index contributed by atoms with van der Waals surface area (Å²) in [6.45, 7) is 2.21. The molecule has 1 aliphatic rings. The third kappa shape index (κ3) is 3.01. The first-order valence-electron chi connectivity index (χ1n) is 7.55. The van der Waals surface area contributed by atoms with Crippen LogP contribution >= 0.6 is 0 Å². The first kappa shape index (κ1) is 14.3. The minimum absolute atomic E-state index is 0.0365. The van der Waals surface area contributed by atoms with Gasteiger partial charge in [0, 0.05) is 5.56 Å². The highest BCUT2D eigenvalue weighted by Gasteiger charge is 2.40. The molecular weight excluding hydrogens is 272 g/mol. The molecule has 3 atom stereocenters. The van der Waals surface area contributed by atoms with Gasteiger partial charge in [0.05, 0.1) is 17.7 Å². The first-order chi connectivity index (χ1) is 10.7. The Morgan fingerprint density at radius 1 is 1.23 bits per heavy atom. The van der Waals surface area contributed by atoms with Crippen molar-refractivity contribution in [1.29, 1.82) is 5.26 Å². The number of nitrogens with one attached hydrogen (secondary N) is 1. The predicted octanol–water partition coefficient (Wildman–Crippen LogP) is 3.69. The van der Waals surface area contributed by atoms with Gasteiger partial charge in [-0.1, -0.05) is 43.3 Å². The Morgan fingerprint density at radius 2 is 1.95 bits per heavy atom. The third-order valence-corrected chi connectivity index (χ3v) is 4.30. The molecule has 0 saturated heterocycles. The van der Waals surface area contributed by atoms with Gasteiger partial charge in [0.15, 0.2) is 0 Å². The quantitative estimate of drug-likeness (QED) is 0.933. The highest BCUT2D eigenvalue weighted by Crippen LogP contribution is 2.47. The molecule has 2 aromatic carbocycles. The number of hydrogen-bond donors (Lipinski definition) is 1. The molecule has 1 saturated carbocycles. The summed E-state index contributed by atoms with van der Waals surface area (Å²) in [6, 6.07) is 19.0. The fourth-order valence-corrected chi connectivity index (χ4v) is 2.87. The lowest BCUT2D eigenvalue weighted by molar-refractivity contribution is 0.0930. The predicted molar refractivity (Wildman–Crippen MR) is 85.1 cm³/mol. The molecule has 0 radical (unpaired) electrons. The Kier molecular flexibility index (Phi) is 3.93. The van der Waals surface area contributed by atoms with Crippen LogP contribution in [-0.2, 0) is 0 Å². The van der Waals surface area contributed by atoms with Crippen LogP contribution in [0.2, 0.25) is 0 Å². The molecule has 2 aromatic rings. The third-order valence-electron chi connectivity index (χ3n) is 4.30. The molecule has 1 aliphatic carbocycles. The molecule has 3 unspecified atom stereocenters. The van der Waals surface area contributed by atoms with Crippen molar-refractivity contribution >= 4 is 5.91 Å². The van der Waals surface area contributed by atoms with E-state index < -0.39 is 0 Å². The summed E-state index contributed by atoms with van der Waals surface area (Å²) in [6.07, 6.45) is 1.14. The number of nitriles is 1. The fraction of sp³-hybridized carbons (Fsp3) is 0.263. The monoisotopic (exact) mass is 290 g/mol. The summed E-state index contributed by atoms with van der Waals surface area (Å²) in [5.74, 6) is 1.01. The number of benzene rings is 2. The van der Waals surface area contributed by atoms with Crippen molar-refractivity contribution in [3.05, 3.63) is 71.3 Å². The normalized spacial score (nSPS) is 20.7. The average Bonchev–Trinajstić information content (AvgIpc) is 3.29. The summed E-state index contributed by atoms with van der Waals surface area (Å²) in [5.41, 5.74) is 2.18. The topological polar surface area (TPSA) is 52.9 Å². The van der Waals surface area contributed by atoms with E-state index in [1.54, 1.807) is 24.3 Å². The Bertz CT molecular complexity index is 718. The highest BCUT2D eigenvalue weighted by atomic mass is 16.1. The van der Waals surface area contributed by atoms with E-state index in [-0.39, 0.29) is 11.9 Å². The van der Waals surface area contributed by atoms with Gasteiger partial charge in [-0.05, 0) is 42.0 Å². The van der Waals surface area contributed by atoms with E-state index in [0.29, 0.717) is 23.0 Å². The van der Waals surface area contributed by atoms with Crippen molar-refractivity contribution in [2.45, 2.75) is 19.4 Å². The SMILES string of the molecule is CC1CC1C(NC(=O)c1cccc(C#N)c1)c1ccccc1. The van der Waals surface area contributed by atoms with Gasteiger partial charge >= 0.3 is 0 Å². The minimum Gasteiger partial charge on any atom is -0.345 e. The van der Waals surface area contributed by atoms with Crippen molar-refractivity contribution in [3.63, 3.8) is 0 Å². The van der Waals surface area contributed by atoms with Crippen LogP contribution < -0.4 is 5.32 Å². The second kappa shape index (κ2) is 6.03. The first-order valence-corrected chi connectivity index (χ1v) is 7.55. The number of rotatable bonds is 4. The zero-order valence-corrected chi connectivity index (χ0v) is 12.5. The molecule has 110 valence electrons. The molecule has 0 aliphatic heterocycles. The maximum atomic E-state index is 12.5. The van der Waals surface area contributed by atoms with Crippen molar-refractivity contribution in [3.8, 4) is 6.07 Å². The van der Waals surface area contributed by atoms with Crippen LogP contribution in [0.4, 0.5) is 0 Å². The van der Waals surface area contributed by atoms with Gasteiger partial charge < -0.3 is 5.32 Å². The Morgan fingerprint density at radius 3 is 2.59 bits per heavy atom. The van der Waals surface area contributed by atoms with E-state index in [4.69, 9.17) is 5.26 Å². The molecular formula is C19H18N2O. The van der Waals surface area contributed by atoms with Crippen LogP contribution in [0.1, 0.15) is 40.9 Å². The molecule has 0 bridgehead atoms. The molecule has 0 heterocycles. The lowest BCUT2D eigenvalue weighted by atomic mass is 10.0. The van der Waals surface area contributed by atoms with Crippen molar-refractivity contribution in [2.24, 2.45) is 11.8 Å². The second-order valence-electron chi connectivity index (χ2n) is 5.93. The molecule has 3 nitrogen and oxygen atoms in total. The van der Waals surface area contributed by atoms with Crippen LogP contribution in [0.3, 0.4) is 0 Å². The van der Waals surface area contributed by atoms with E-state index in [2.05, 4.69) is 30.4 Å². The maximum absolute atomic E-state index is 12.5. The van der Waals surface area contributed by atoms with Crippen molar-refractivity contribution in [1.82, 2.24) is 5.32 Å². The fourth-order valence-electron chi connectivity index (χ4n) is 2.87. The van der Waals surface area contributed by atoms with Crippen LogP contribution in [0, 0.1) is 23.2 Å². The largest absolute Gasteiger partial charge is 0.345 e. The molecule has 0 aromatic heterocycles. The Labute approximate surface area is 130 Å². The zero-order valence-electron chi connectivity index (χ0n) is 12.5. The van der Waals surface area contributed by atoms with Gasteiger partial charge in [0.2, 0.25) is 0 Å². The van der Waals surface area contributed by atoms with Crippen LogP contribution in [0.25, 0.3) is 0 Å². The van der Waals surface area contributed by atoms with Gasteiger partial charge in [-0.25, -0.2) is 0 Å². The van der Waals surface area contributed by atoms with Crippen LogP contribution in [0.15, 0.2) is 54.6 Å². The summed E-state index contributed by atoms with van der Waals surface area (Å²) in [5, 5.41) is 12.1. The molecule has 1 fully saturated rings. The number of amides is 1. The van der Waals surface area contributed by atoms with Gasteiger partial charge in [-0.15, -0.1) is 0 Å². The average molecular weight is 290 g/mol. The summed E-state index contributed by atoms with van der Waals surface area (Å²) >= 11 is 0. The van der Waals surface area contributed by atoms with E-state index in [9.17, 15) is 4.79 Å². The summed E-state index contributed by atoms with van der Waals surface area (Å²) < 4.78 is 0. The Balaban J connectivity index is 1.81. The lowest BCUT2D eigenvalue weighted by Crippen LogP contribution is -2.30. The summed E-state index contributed by atoms with van der Waals surface area (Å²) in [4.78, 5) is 12.5. The number of nitrogens with zero attached hydrogens (tertiary/aromatic N) is 1. The summed E-state index contributed by atoms with van der Waals surface area (Å²) in [7, 11) is 0. The van der Waals surface area contributed by atoms with Gasteiger partial charge in [0.1, 0.15) is 0 Å². The lowest BCUT2D eigenvalue weighted by Gasteiger charge is -2.19. The molecule has 1 amide bonds. The van der Waals surface area contributed by atoms with Crippen LogP contribution in [-0.4, -0.2) is 5.91 Å². The van der Waals surface area contributed by atoms with Gasteiger partial charge in [-0.3, -0.25) is 4.79 Å². The second-order valence-corrected chi connectivity index (χ2v) is 5.93. The van der Waals surface area contributed by atoms with Crippen molar-refractivity contribution < 1.29 is 4.79 Å². The number of hydrogen-bond acceptors (Lipinski definition) is 2. The van der Waals surface area contributed by atoms with Gasteiger partial charge in [-0.2, -0.15) is 5.26 Å². The molecule has 3 heteroatoms. The standard InChI is InChI=1S/C19H18N2O/c1-13-10-17(13)18(15-7-3-2-4-8-15)21-19(22)16-9-5-6-14(11-16)12-20/h2-9,11,13,17-18H,10H2,1H3,(H,21,22). The van der Waals surface area contributed by atoms with E-state index in [1.807, 2.05) is 18.2 Å². The van der Waals surface area contributed by atoms with Crippen molar-refractivity contribution in [2.75, 3.05) is 0 Å². The van der Waals surface area contributed by atoms with E-state index in [1.165, 1.54) is 0 Å². The molecule has 1 N–H and O–H groups in total. The molecule has 3 rings (SSSR count).